The molecule has 1 N–H and O–H groups in total. The number of hydrogen-bond acceptors (Lipinski definition) is 3. The Labute approximate surface area is 125 Å². The second-order valence-corrected chi connectivity index (χ2v) is 6.56. The van der Waals surface area contributed by atoms with E-state index in [2.05, 4.69) is 23.4 Å². The summed E-state index contributed by atoms with van der Waals surface area (Å²) < 4.78 is 2.32. The van der Waals surface area contributed by atoms with E-state index in [1.54, 1.807) is 0 Å². The zero-order chi connectivity index (χ0) is 14.5. The molecule has 20 heavy (non-hydrogen) atoms. The van der Waals surface area contributed by atoms with Crippen LogP contribution in [0.4, 0.5) is 0 Å². The molecule has 0 amide bonds. The van der Waals surface area contributed by atoms with Gasteiger partial charge in [-0.05, 0) is 25.2 Å². The smallest absolute Gasteiger partial charge is 0.313 e. The van der Waals surface area contributed by atoms with Gasteiger partial charge >= 0.3 is 5.97 Å². The van der Waals surface area contributed by atoms with Crippen LogP contribution in [0.5, 0.6) is 0 Å². The summed E-state index contributed by atoms with van der Waals surface area (Å²) in [6.07, 6.45) is 9.20. The van der Waals surface area contributed by atoms with Crippen molar-refractivity contribution in [2.75, 3.05) is 5.75 Å². The van der Waals surface area contributed by atoms with E-state index in [9.17, 15) is 4.79 Å². The maximum absolute atomic E-state index is 10.8. The number of nitrogens with zero attached hydrogens (tertiary/aromatic N) is 2. The molecule has 1 saturated carbocycles. The molecule has 1 fully saturated rings. The lowest BCUT2D eigenvalue weighted by Gasteiger charge is -2.26. The van der Waals surface area contributed by atoms with E-state index in [-0.39, 0.29) is 5.75 Å². The van der Waals surface area contributed by atoms with Gasteiger partial charge in [-0.25, -0.2) is 4.98 Å². The van der Waals surface area contributed by atoms with Crippen molar-refractivity contribution >= 4 is 17.7 Å². The van der Waals surface area contributed by atoms with Crippen LogP contribution in [0.25, 0.3) is 0 Å². The highest BCUT2D eigenvalue weighted by Crippen LogP contribution is 2.36. The Balaban J connectivity index is 2.26. The van der Waals surface area contributed by atoms with Gasteiger partial charge in [-0.15, -0.1) is 0 Å². The molecule has 1 heterocycles. The van der Waals surface area contributed by atoms with Gasteiger partial charge < -0.3 is 9.67 Å². The largest absolute Gasteiger partial charge is 0.481 e. The predicted molar refractivity (Wildman–Crippen MR) is 81.3 cm³/mol. The molecule has 1 aromatic rings. The number of thioether (sulfide) groups is 1. The van der Waals surface area contributed by atoms with Gasteiger partial charge in [-0.2, -0.15) is 0 Å². The molecule has 0 aliphatic heterocycles. The van der Waals surface area contributed by atoms with E-state index in [4.69, 9.17) is 5.11 Å². The molecule has 0 saturated heterocycles. The minimum absolute atomic E-state index is 0.0846. The summed E-state index contributed by atoms with van der Waals surface area (Å²) in [5.41, 5.74) is 1.23. The highest BCUT2D eigenvalue weighted by Gasteiger charge is 2.25. The second-order valence-electron chi connectivity index (χ2n) is 5.62. The third-order valence-electron chi connectivity index (χ3n) is 4.17. The van der Waals surface area contributed by atoms with E-state index in [0.717, 1.165) is 11.6 Å². The highest BCUT2D eigenvalue weighted by atomic mass is 32.2. The Kier molecular flexibility index (Phi) is 5.52. The van der Waals surface area contributed by atoms with Crippen LogP contribution in [0.15, 0.2) is 11.4 Å². The average molecular weight is 296 g/mol. The van der Waals surface area contributed by atoms with Crippen molar-refractivity contribution in [1.82, 2.24) is 9.55 Å². The summed E-state index contributed by atoms with van der Waals surface area (Å²) in [7, 11) is 0. The number of aromatic nitrogens is 2. The number of carboxylic acids is 1. The van der Waals surface area contributed by atoms with Crippen molar-refractivity contribution in [3.05, 3.63) is 11.9 Å². The summed E-state index contributed by atoms with van der Waals surface area (Å²) in [5, 5.41) is 9.76. The maximum Gasteiger partial charge on any atom is 0.313 e. The fourth-order valence-corrected chi connectivity index (χ4v) is 3.86. The van der Waals surface area contributed by atoms with Gasteiger partial charge in [0.2, 0.25) is 0 Å². The summed E-state index contributed by atoms with van der Waals surface area (Å²) >= 11 is 1.35. The molecule has 1 aliphatic rings. The minimum atomic E-state index is -0.781. The SMILES string of the molecule is CCc1cnc(SCC(=O)O)n1C1CCCCCC1C. The van der Waals surface area contributed by atoms with E-state index >= 15 is 0 Å². The van der Waals surface area contributed by atoms with E-state index in [1.807, 2.05) is 6.20 Å². The Morgan fingerprint density at radius 3 is 2.90 bits per heavy atom. The van der Waals surface area contributed by atoms with E-state index in [1.165, 1.54) is 49.6 Å². The molecule has 2 unspecified atom stereocenters. The lowest BCUT2D eigenvalue weighted by molar-refractivity contribution is -0.133. The summed E-state index contributed by atoms with van der Waals surface area (Å²) in [6.45, 7) is 4.46. The van der Waals surface area contributed by atoms with Crippen molar-refractivity contribution in [2.24, 2.45) is 5.92 Å². The lowest BCUT2D eigenvalue weighted by atomic mass is 9.96. The van der Waals surface area contributed by atoms with Gasteiger partial charge in [0.1, 0.15) is 0 Å². The van der Waals surface area contributed by atoms with Crippen molar-refractivity contribution < 1.29 is 9.90 Å². The first-order valence-corrected chi connectivity index (χ1v) is 8.52. The number of rotatable bonds is 5. The van der Waals surface area contributed by atoms with Crippen molar-refractivity contribution in [3.63, 3.8) is 0 Å². The Morgan fingerprint density at radius 1 is 1.45 bits per heavy atom. The highest BCUT2D eigenvalue weighted by molar-refractivity contribution is 7.99. The third kappa shape index (κ3) is 3.57. The molecule has 1 aromatic heterocycles. The van der Waals surface area contributed by atoms with E-state index < -0.39 is 5.97 Å². The third-order valence-corrected chi connectivity index (χ3v) is 5.13. The first-order chi connectivity index (χ1) is 9.63. The Hall–Kier alpha value is -0.970. The van der Waals surface area contributed by atoms with E-state index in [0.29, 0.717) is 12.0 Å². The number of aliphatic carboxylic acids is 1. The summed E-state index contributed by atoms with van der Waals surface area (Å²) in [5.74, 6) is -0.0564. The molecule has 0 radical (unpaired) electrons. The average Bonchev–Trinajstić information content (AvgIpc) is 2.71. The minimum Gasteiger partial charge on any atom is -0.481 e. The van der Waals surface area contributed by atoms with Crippen molar-refractivity contribution in [3.8, 4) is 0 Å². The van der Waals surface area contributed by atoms with Crippen LogP contribution in [0.3, 0.4) is 0 Å². The molecule has 2 rings (SSSR count). The molecule has 2 atom stereocenters. The number of carbonyl (C=O) groups is 1. The van der Waals surface area contributed by atoms with Gasteiger partial charge in [0.15, 0.2) is 5.16 Å². The monoisotopic (exact) mass is 296 g/mol. The molecule has 4 nitrogen and oxygen atoms in total. The number of imidazole rings is 1. The number of carboxylic acid groups (broad SMARTS) is 1. The molecule has 0 spiro atoms. The molecular weight excluding hydrogens is 272 g/mol. The summed E-state index contributed by atoms with van der Waals surface area (Å²) in [4.78, 5) is 15.3. The van der Waals surface area contributed by atoms with Gasteiger partial charge in [-0.3, -0.25) is 4.79 Å². The van der Waals surface area contributed by atoms with Crippen molar-refractivity contribution in [1.29, 1.82) is 0 Å². The molecular formula is C15H24N2O2S. The number of hydrogen-bond donors (Lipinski definition) is 1. The molecule has 0 aromatic carbocycles. The predicted octanol–water partition coefficient (Wildman–Crippen LogP) is 3.76. The Bertz CT molecular complexity index is 459. The van der Waals surface area contributed by atoms with Crippen LogP contribution >= 0.6 is 11.8 Å². The molecule has 0 bridgehead atoms. The van der Waals surface area contributed by atoms with Gasteiger partial charge in [0.25, 0.3) is 0 Å². The van der Waals surface area contributed by atoms with Gasteiger partial charge in [-0.1, -0.05) is 44.9 Å². The van der Waals surface area contributed by atoms with Crippen LogP contribution in [0, 0.1) is 5.92 Å². The number of aryl methyl sites for hydroxylation is 1. The van der Waals surface area contributed by atoms with Crippen LogP contribution < -0.4 is 0 Å². The van der Waals surface area contributed by atoms with Crippen LogP contribution in [0.1, 0.15) is 57.7 Å². The van der Waals surface area contributed by atoms with Gasteiger partial charge in [0.05, 0.1) is 5.75 Å². The first kappa shape index (κ1) is 15.4. The maximum atomic E-state index is 10.8. The topological polar surface area (TPSA) is 55.1 Å². The second kappa shape index (κ2) is 7.16. The van der Waals surface area contributed by atoms with Crippen LogP contribution in [-0.4, -0.2) is 26.4 Å². The standard InChI is InChI=1S/C15H24N2O2S/c1-3-12-9-16-15(20-10-14(18)19)17(12)13-8-6-4-5-7-11(13)2/h9,11,13H,3-8,10H2,1-2H3,(H,18,19). The van der Waals surface area contributed by atoms with Crippen LogP contribution in [-0.2, 0) is 11.2 Å². The zero-order valence-corrected chi connectivity index (χ0v) is 13.2. The zero-order valence-electron chi connectivity index (χ0n) is 12.3. The fraction of sp³-hybridized carbons (Fsp3) is 0.733. The fourth-order valence-electron chi connectivity index (χ4n) is 3.08. The quantitative estimate of drug-likeness (QED) is 0.664. The molecule has 112 valence electrons. The summed E-state index contributed by atoms with van der Waals surface area (Å²) in [6, 6.07) is 0.478. The lowest BCUT2D eigenvalue weighted by Crippen LogP contribution is -2.19. The molecule has 1 aliphatic carbocycles. The molecule has 5 heteroatoms. The van der Waals surface area contributed by atoms with Crippen molar-refractivity contribution in [2.45, 2.75) is 63.6 Å². The normalized spacial score (nSPS) is 23.5. The van der Waals surface area contributed by atoms with Gasteiger partial charge in [0, 0.05) is 17.9 Å². The Morgan fingerprint density at radius 2 is 2.20 bits per heavy atom. The van der Waals surface area contributed by atoms with Crippen LogP contribution in [0.2, 0.25) is 0 Å². The first-order valence-electron chi connectivity index (χ1n) is 7.54.